The van der Waals surface area contributed by atoms with Crippen LogP contribution in [0.3, 0.4) is 0 Å². The SMILES string of the molecule is CCN(CC)C(=O)CNCc1ccc(F)cc1. The van der Waals surface area contributed by atoms with Crippen molar-refractivity contribution >= 4 is 5.91 Å². The number of carbonyl (C=O) groups excluding carboxylic acids is 1. The van der Waals surface area contributed by atoms with Gasteiger partial charge in [-0.1, -0.05) is 12.1 Å². The molecule has 1 amide bonds. The maximum Gasteiger partial charge on any atom is 0.236 e. The van der Waals surface area contributed by atoms with Crippen LogP contribution in [-0.4, -0.2) is 30.4 Å². The highest BCUT2D eigenvalue weighted by molar-refractivity contribution is 5.78. The number of nitrogens with one attached hydrogen (secondary N) is 1. The lowest BCUT2D eigenvalue weighted by Crippen LogP contribution is -2.37. The Morgan fingerprint density at radius 3 is 2.35 bits per heavy atom. The van der Waals surface area contributed by atoms with Gasteiger partial charge in [-0.2, -0.15) is 0 Å². The number of likely N-dealkylation sites (N-methyl/N-ethyl adjacent to an activating group) is 1. The van der Waals surface area contributed by atoms with Gasteiger partial charge in [0.25, 0.3) is 0 Å². The smallest absolute Gasteiger partial charge is 0.236 e. The van der Waals surface area contributed by atoms with Gasteiger partial charge in [0.2, 0.25) is 5.91 Å². The summed E-state index contributed by atoms with van der Waals surface area (Å²) in [6, 6.07) is 6.26. The van der Waals surface area contributed by atoms with Crippen LogP contribution >= 0.6 is 0 Å². The number of carbonyl (C=O) groups is 1. The number of hydrogen-bond acceptors (Lipinski definition) is 2. The maximum absolute atomic E-state index is 12.7. The summed E-state index contributed by atoms with van der Waals surface area (Å²) >= 11 is 0. The van der Waals surface area contributed by atoms with E-state index in [2.05, 4.69) is 5.32 Å². The summed E-state index contributed by atoms with van der Waals surface area (Å²) in [5.74, 6) is -0.148. The molecule has 0 saturated carbocycles. The Bertz CT molecular complexity index is 347. The van der Waals surface area contributed by atoms with Crippen LogP contribution in [0.15, 0.2) is 24.3 Å². The summed E-state index contributed by atoms with van der Waals surface area (Å²) in [5, 5.41) is 3.06. The number of amides is 1. The second kappa shape index (κ2) is 7.01. The molecule has 4 heteroatoms. The molecular formula is C13H19FN2O. The summed E-state index contributed by atoms with van der Waals surface area (Å²) in [6.07, 6.45) is 0. The van der Waals surface area contributed by atoms with Crippen LogP contribution in [0, 0.1) is 5.82 Å². The molecular weight excluding hydrogens is 219 g/mol. The largest absolute Gasteiger partial charge is 0.342 e. The normalized spacial score (nSPS) is 10.3. The zero-order chi connectivity index (χ0) is 12.7. The van der Waals surface area contributed by atoms with Gasteiger partial charge in [-0.05, 0) is 31.5 Å². The van der Waals surface area contributed by atoms with E-state index in [1.165, 1.54) is 12.1 Å². The van der Waals surface area contributed by atoms with E-state index >= 15 is 0 Å². The van der Waals surface area contributed by atoms with Gasteiger partial charge < -0.3 is 10.2 Å². The molecule has 0 atom stereocenters. The van der Waals surface area contributed by atoms with Gasteiger partial charge in [-0.3, -0.25) is 4.79 Å². The fourth-order valence-electron chi connectivity index (χ4n) is 1.60. The highest BCUT2D eigenvalue weighted by atomic mass is 19.1. The Morgan fingerprint density at radius 2 is 1.82 bits per heavy atom. The molecule has 0 heterocycles. The van der Waals surface area contributed by atoms with Gasteiger partial charge >= 0.3 is 0 Å². The van der Waals surface area contributed by atoms with Crippen LogP contribution in [-0.2, 0) is 11.3 Å². The number of rotatable bonds is 6. The zero-order valence-corrected chi connectivity index (χ0v) is 10.4. The quantitative estimate of drug-likeness (QED) is 0.819. The Labute approximate surface area is 102 Å². The molecule has 1 N–H and O–H groups in total. The van der Waals surface area contributed by atoms with Crippen molar-refractivity contribution in [1.82, 2.24) is 10.2 Å². The summed E-state index contributed by atoms with van der Waals surface area (Å²) in [4.78, 5) is 13.4. The Kier molecular flexibility index (Phi) is 5.63. The fourth-order valence-corrected chi connectivity index (χ4v) is 1.60. The van der Waals surface area contributed by atoms with Gasteiger partial charge in [0.1, 0.15) is 5.82 Å². The van der Waals surface area contributed by atoms with Gasteiger partial charge in [0.05, 0.1) is 6.54 Å². The lowest BCUT2D eigenvalue weighted by molar-refractivity contribution is -0.129. The van der Waals surface area contributed by atoms with Crippen molar-refractivity contribution in [3.63, 3.8) is 0 Å². The Morgan fingerprint density at radius 1 is 1.24 bits per heavy atom. The first-order chi connectivity index (χ1) is 8.17. The molecule has 94 valence electrons. The van der Waals surface area contributed by atoms with Crippen LogP contribution in [0.2, 0.25) is 0 Å². The number of hydrogen-bond donors (Lipinski definition) is 1. The lowest BCUT2D eigenvalue weighted by Gasteiger charge is -2.18. The molecule has 0 fully saturated rings. The molecule has 0 aromatic heterocycles. The lowest BCUT2D eigenvalue weighted by atomic mass is 10.2. The van der Waals surface area contributed by atoms with E-state index in [-0.39, 0.29) is 11.7 Å². The van der Waals surface area contributed by atoms with Gasteiger partial charge in [-0.15, -0.1) is 0 Å². The van der Waals surface area contributed by atoms with Gasteiger partial charge in [0, 0.05) is 19.6 Å². The minimum absolute atomic E-state index is 0.0945. The van der Waals surface area contributed by atoms with E-state index in [1.807, 2.05) is 13.8 Å². The van der Waals surface area contributed by atoms with Crippen LogP contribution in [0.25, 0.3) is 0 Å². The average Bonchev–Trinajstić information content (AvgIpc) is 2.33. The molecule has 1 rings (SSSR count). The van der Waals surface area contributed by atoms with Crippen LogP contribution in [0.1, 0.15) is 19.4 Å². The summed E-state index contributed by atoms with van der Waals surface area (Å²) in [7, 11) is 0. The first-order valence-electron chi connectivity index (χ1n) is 5.90. The van der Waals surface area contributed by atoms with Crippen molar-refractivity contribution < 1.29 is 9.18 Å². The number of nitrogens with zero attached hydrogens (tertiary/aromatic N) is 1. The second-order valence-corrected chi connectivity index (χ2v) is 3.80. The highest BCUT2D eigenvalue weighted by Gasteiger charge is 2.07. The van der Waals surface area contributed by atoms with E-state index in [0.29, 0.717) is 13.1 Å². The van der Waals surface area contributed by atoms with E-state index in [1.54, 1.807) is 17.0 Å². The fraction of sp³-hybridized carbons (Fsp3) is 0.462. The topological polar surface area (TPSA) is 32.3 Å². The van der Waals surface area contributed by atoms with Gasteiger partial charge in [0.15, 0.2) is 0 Å². The Balaban J connectivity index is 2.32. The molecule has 0 aliphatic carbocycles. The average molecular weight is 238 g/mol. The second-order valence-electron chi connectivity index (χ2n) is 3.80. The van der Waals surface area contributed by atoms with Crippen molar-refractivity contribution in [1.29, 1.82) is 0 Å². The molecule has 0 aliphatic rings. The number of halogens is 1. The number of benzene rings is 1. The van der Waals surface area contributed by atoms with E-state index < -0.39 is 0 Å². The predicted octanol–water partition coefficient (Wildman–Crippen LogP) is 1.78. The van der Waals surface area contributed by atoms with E-state index in [0.717, 1.165) is 18.7 Å². The molecule has 0 saturated heterocycles. The Hall–Kier alpha value is -1.42. The predicted molar refractivity (Wildman–Crippen MR) is 66.0 cm³/mol. The minimum Gasteiger partial charge on any atom is -0.342 e. The monoisotopic (exact) mass is 238 g/mol. The van der Waals surface area contributed by atoms with Crippen molar-refractivity contribution in [2.24, 2.45) is 0 Å². The molecule has 0 spiro atoms. The zero-order valence-electron chi connectivity index (χ0n) is 10.4. The standard InChI is InChI=1S/C13H19FN2O/c1-3-16(4-2)13(17)10-15-9-11-5-7-12(14)8-6-11/h5-8,15H,3-4,9-10H2,1-2H3. The summed E-state index contributed by atoms with van der Waals surface area (Å²) in [6.45, 7) is 6.27. The third-order valence-electron chi connectivity index (χ3n) is 2.63. The van der Waals surface area contributed by atoms with Crippen molar-refractivity contribution in [3.8, 4) is 0 Å². The molecule has 3 nitrogen and oxygen atoms in total. The molecule has 1 aromatic rings. The van der Waals surface area contributed by atoms with Crippen molar-refractivity contribution in [2.45, 2.75) is 20.4 Å². The van der Waals surface area contributed by atoms with Crippen LogP contribution in [0.4, 0.5) is 4.39 Å². The van der Waals surface area contributed by atoms with E-state index in [4.69, 9.17) is 0 Å². The molecule has 0 unspecified atom stereocenters. The van der Waals surface area contributed by atoms with Crippen molar-refractivity contribution in [3.05, 3.63) is 35.6 Å². The first-order valence-corrected chi connectivity index (χ1v) is 5.90. The molecule has 17 heavy (non-hydrogen) atoms. The summed E-state index contributed by atoms with van der Waals surface area (Å²) < 4.78 is 12.7. The van der Waals surface area contributed by atoms with Crippen molar-refractivity contribution in [2.75, 3.05) is 19.6 Å². The van der Waals surface area contributed by atoms with Gasteiger partial charge in [-0.25, -0.2) is 4.39 Å². The first kappa shape index (κ1) is 13.6. The summed E-state index contributed by atoms with van der Waals surface area (Å²) in [5.41, 5.74) is 0.971. The third-order valence-corrected chi connectivity index (χ3v) is 2.63. The minimum atomic E-state index is -0.243. The highest BCUT2D eigenvalue weighted by Crippen LogP contribution is 2.01. The molecule has 1 aromatic carbocycles. The van der Waals surface area contributed by atoms with E-state index in [9.17, 15) is 9.18 Å². The molecule has 0 bridgehead atoms. The molecule has 0 aliphatic heterocycles. The van der Waals surface area contributed by atoms with Crippen LogP contribution in [0.5, 0.6) is 0 Å². The molecule has 0 radical (unpaired) electrons. The maximum atomic E-state index is 12.7. The third kappa shape index (κ3) is 4.53. The van der Waals surface area contributed by atoms with Crippen LogP contribution < -0.4 is 5.32 Å².